The van der Waals surface area contributed by atoms with E-state index in [2.05, 4.69) is 4.90 Å². The fourth-order valence-corrected chi connectivity index (χ4v) is 5.11. The molecule has 0 saturated carbocycles. The highest BCUT2D eigenvalue weighted by molar-refractivity contribution is 6.14. The molecular weight excluding hydrogens is 504 g/mol. The zero-order chi connectivity index (χ0) is 27.7. The summed E-state index contributed by atoms with van der Waals surface area (Å²) in [5.41, 5.74) is 2.69. The van der Waals surface area contributed by atoms with Gasteiger partial charge in [0.1, 0.15) is 12.4 Å². The first-order valence-electron chi connectivity index (χ1n) is 13.7. The Hall–Kier alpha value is -4.20. The van der Waals surface area contributed by atoms with Crippen molar-refractivity contribution >= 4 is 17.8 Å². The number of amides is 1. The molecular formula is C33H34N2O5. The second-order valence-electron chi connectivity index (χ2n) is 9.93. The Morgan fingerprint density at radius 3 is 2.42 bits per heavy atom. The van der Waals surface area contributed by atoms with Crippen molar-refractivity contribution in [3.8, 4) is 5.75 Å². The van der Waals surface area contributed by atoms with Gasteiger partial charge in [-0.1, -0.05) is 78.9 Å². The predicted molar refractivity (Wildman–Crippen MR) is 154 cm³/mol. The average molecular weight is 539 g/mol. The fraction of sp³-hybridized carbons (Fsp3) is 0.273. The Labute approximate surface area is 234 Å². The quantitative estimate of drug-likeness (QED) is 0.348. The third-order valence-electron chi connectivity index (χ3n) is 7.20. The van der Waals surface area contributed by atoms with Crippen LogP contribution in [0, 0.1) is 0 Å². The van der Waals surface area contributed by atoms with Crippen molar-refractivity contribution in [2.75, 3.05) is 39.4 Å². The molecule has 0 spiro atoms. The van der Waals surface area contributed by atoms with Crippen LogP contribution in [0.3, 0.4) is 0 Å². The number of carbonyl (C=O) groups excluding carboxylic acids is 2. The van der Waals surface area contributed by atoms with Gasteiger partial charge in [-0.25, -0.2) is 0 Å². The van der Waals surface area contributed by atoms with E-state index in [1.807, 2.05) is 84.9 Å². The lowest BCUT2D eigenvalue weighted by atomic mass is 9.95. The number of nitrogens with zero attached hydrogens (tertiary/aromatic N) is 2. The van der Waals surface area contributed by atoms with Crippen molar-refractivity contribution in [1.82, 2.24) is 9.80 Å². The normalized spacial score (nSPS) is 18.1. The minimum Gasteiger partial charge on any atom is -0.503 e. The monoisotopic (exact) mass is 538 g/mol. The zero-order valence-corrected chi connectivity index (χ0v) is 22.4. The van der Waals surface area contributed by atoms with Gasteiger partial charge in [0.2, 0.25) is 0 Å². The van der Waals surface area contributed by atoms with Gasteiger partial charge in [0.05, 0.1) is 24.8 Å². The molecule has 5 rings (SSSR count). The lowest BCUT2D eigenvalue weighted by Crippen LogP contribution is -2.39. The number of carbonyl (C=O) groups is 2. The highest BCUT2D eigenvalue weighted by Crippen LogP contribution is 2.39. The summed E-state index contributed by atoms with van der Waals surface area (Å²) in [6.45, 7) is 4.72. The smallest absolute Gasteiger partial charge is 0.290 e. The number of aliphatic hydroxyl groups is 1. The number of hydrogen-bond donors (Lipinski definition) is 1. The minimum atomic E-state index is -0.717. The molecule has 1 saturated heterocycles. The summed E-state index contributed by atoms with van der Waals surface area (Å²) in [7, 11) is 0. The SMILES string of the molecule is O=C(C=Cc1ccccc1)C1=C(O)C(=O)N(CCCN2CCOCC2)C1c1cccc(OCc2ccccc2)c1. The van der Waals surface area contributed by atoms with Gasteiger partial charge < -0.3 is 19.5 Å². The number of hydrogen-bond acceptors (Lipinski definition) is 6. The molecule has 3 aromatic rings. The standard InChI is InChI=1S/C33H34N2O5/c36-29(16-15-25-9-3-1-4-10-25)30-31(27-13-7-14-28(23-27)40-24-26-11-5-2-6-12-26)35(33(38)32(30)37)18-8-17-34-19-21-39-22-20-34/h1-7,9-16,23,31,37H,8,17-22,24H2. The zero-order valence-electron chi connectivity index (χ0n) is 22.4. The summed E-state index contributed by atoms with van der Waals surface area (Å²) >= 11 is 0. The van der Waals surface area contributed by atoms with Crippen LogP contribution in [0.2, 0.25) is 0 Å². The Morgan fingerprint density at radius 2 is 1.68 bits per heavy atom. The first kappa shape index (κ1) is 27.4. The van der Waals surface area contributed by atoms with Crippen molar-refractivity contribution < 1.29 is 24.2 Å². The molecule has 0 radical (unpaired) electrons. The van der Waals surface area contributed by atoms with Crippen LogP contribution >= 0.6 is 0 Å². The molecule has 7 nitrogen and oxygen atoms in total. The van der Waals surface area contributed by atoms with Crippen molar-refractivity contribution in [2.24, 2.45) is 0 Å². The number of ketones is 1. The van der Waals surface area contributed by atoms with E-state index in [9.17, 15) is 14.7 Å². The van der Waals surface area contributed by atoms with Crippen molar-refractivity contribution in [3.63, 3.8) is 0 Å². The van der Waals surface area contributed by atoms with Crippen LogP contribution in [0.1, 0.15) is 29.2 Å². The Bertz CT molecular complexity index is 1360. The van der Waals surface area contributed by atoms with Crippen LogP contribution in [-0.2, 0) is 20.9 Å². The van der Waals surface area contributed by atoms with Gasteiger partial charge in [0.15, 0.2) is 11.5 Å². The molecule has 40 heavy (non-hydrogen) atoms. The van der Waals surface area contributed by atoms with E-state index in [0.717, 1.165) is 30.8 Å². The molecule has 3 aromatic carbocycles. The van der Waals surface area contributed by atoms with Gasteiger partial charge in [-0.2, -0.15) is 0 Å². The molecule has 1 amide bonds. The second kappa shape index (κ2) is 13.2. The fourth-order valence-electron chi connectivity index (χ4n) is 5.11. The lowest BCUT2D eigenvalue weighted by Gasteiger charge is -2.30. The number of rotatable bonds is 11. The van der Waals surface area contributed by atoms with Crippen LogP contribution in [-0.4, -0.2) is 66.0 Å². The Kier molecular flexibility index (Phi) is 9.06. The summed E-state index contributed by atoms with van der Waals surface area (Å²) in [5, 5.41) is 11.0. The summed E-state index contributed by atoms with van der Waals surface area (Å²) < 4.78 is 11.5. The largest absolute Gasteiger partial charge is 0.503 e. The second-order valence-corrected chi connectivity index (χ2v) is 9.93. The van der Waals surface area contributed by atoms with Gasteiger partial charge in [0.25, 0.3) is 5.91 Å². The van der Waals surface area contributed by atoms with E-state index in [4.69, 9.17) is 9.47 Å². The van der Waals surface area contributed by atoms with E-state index in [0.29, 0.717) is 44.1 Å². The van der Waals surface area contributed by atoms with Crippen LogP contribution in [0.15, 0.2) is 102 Å². The molecule has 1 N–H and O–H groups in total. The highest BCUT2D eigenvalue weighted by atomic mass is 16.5. The molecule has 1 fully saturated rings. The number of morpholine rings is 1. The molecule has 7 heteroatoms. The lowest BCUT2D eigenvalue weighted by molar-refractivity contribution is -0.129. The third kappa shape index (κ3) is 6.68. The maximum atomic E-state index is 13.5. The van der Waals surface area contributed by atoms with E-state index in [-0.39, 0.29) is 5.57 Å². The molecule has 0 aliphatic carbocycles. The molecule has 1 atom stereocenters. The first-order chi connectivity index (χ1) is 19.6. The highest BCUT2D eigenvalue weighted by Gasteiger charge is 2.42. The topological polar surface area (TPSA) is 79.3 Å². The van der Waals surface area contributed by atoms with Gasteiger partial charge in [0, 0.05) is 26.2 Å². The summed E-state index contributed by atoms with van der Waals surface area (Å²) in [4.78, 5) is 30.7. The molecule has 0 bridgehead atoms. The van der Waals surface area contributed by atoms with E-state index >= 15 is 0 Å². The molecule has 0 aromatic heterocycles. The van der Waals surface area contributed by atoms with Crippen molar-refractivity contribution in [1.29, 1.82) is 0 Å². The van der Waals surface area contributed by atoms with Crippen LogP contribution in [0.25, 0.3) is 6.08 Å². The number of aliphatic hydroxyl groups excluding tert-OH is 1. The van der Waals surface area contributed by atoms with Crippen LogP contribution < -0.4 is 4.74 Å². The molecule has 1 unspecified atom stereocenters. The number of ether oxygens (including phenoxy) is 2. The molecule has 2 aliphatic heterocycles. The maximum Gasteiger partial charge on any atom is 0.290 e. The van der Waals surface area contributed by atoms with Crippen molar-refractivity contribution in [2.45, 2.75) is 19.1 Å². The average Bonchev–Trinajstić information content (AvgIpc) is 3.26. The van der Waals surface area contributed by atoms with Crippen LogP contribution in [0.4, 0.5) is 0 Å². The van der Waals surface area contributed by atoms with Gasteiger partial charge >= 0.3 is 0 Å². The van der Waals surface area contributed by atoms with Gasteiger partial charge in [-0.3, -0.25) is 14.5 Å². The Balaban J connectivity index is 1.39. The summed E-state index contributed by atoms with van der Waals surface area (Å²) in [6, 6.07) is 26.0. The maximum absolute atomic E-state index is 13.5. The predicted octanol–water partition coefficient (Wildman–Crippen LogP) is 4.97. The van der Waals surface area contributed by atoms with Gasteiger partial charge in [-0.15, -0.1) is 0 Å². The van der Waals surface area contributed by atoms with Crippen LogP contribution in [0.5, 0.6) is 5.75 Å². The van der Waals surface area contributed by atoms with Crippen molar-refractivity contribution in [3.05, 3.63) is 119 Å². The molecule has 206 valence electrons. The summed E-state index contributed by atoms with van der Waals surface area (Å²) in [6.07, 6.45) is 3.83. The summed E-state index contributed by atoms with van der Waals surface area (Å²) in [5.74, 6) is -0.792. The van der Waals surface area contributed by atoms with E-state index in [1.165, 1.54) is 6.08 Å². The molecule has 2 aliphatic rings. The number of benzene rings is 3. The Morgan fingerprint density at radius 1 is 0.950 bits per heavy atom. The molecule has 2 heterocycles. The van der Waals surface area contributed by atoms with Gasteiger partial charge in [-0.05, 0) is 41.3 Å². The van der Waals surface area contributed by atoms with E-state index in [1.54, 1.807) is 11.0 Å². The first-order valence-corrected chi connectivity index (χ1v) is 13.7. The minimum absolute atomic E-state index is 0.0868. The number of allylic oxidation sites excluding steroid dienone is 1. The van der Waals surface area contributed by atoms with E-state index < -0.39 is 23.5 Å². The third-order valence-corrected chi connectivity index (χ3v) is 7.20.